The number of hydrogen-bond acceptors (Lipinski definition) is 3. The highest BCUT2D eigenvalue weighted by Crippen LogP contribution is 2.11. The van der Waals surface area contributed by atoms with Crippen molar-refractivity contribution in [3.8, 4) is 0 Å². The normalized spacial score (nSPS) is 14.0. The van der Waals surface area contributed by atoms with Crippen LogP contribution in [0.25, 0.3) is 0 Å². The average Bonchev–Trinajstić information content (AvgIpc) is 2.37. The number of amides is 1. The number of aliphatic hydroxyl groups is 1. The molecule has 3 N–H and O–H groups in total. The lowest BCUT2D eigenvalue weighted by Crippen LogP contribution is -2.39. The molecule has 1 rings (SSSR count). The van der Waals surface area contributed by atoms with Crippen LogP contribution >= 0.6 is 0 Å². The van der Waals surface area contributed by atoms with Crippen molar-refractivity contribution < 1.29 is 14.3 Å². The molecule has 4 nitrogen and oxygen atoms in total. The van der Waals surface area contributed by atoms with E-state index in [2.05, 4.69) is 10.6 Å². The summed E-state index contributed by atoms with van der Waals surface area (Å²) in [4.78, 5) is 11.6. The molecular formula is C13H19FN2O2. The van der Waals surface area contributed by atoms with Gasteiger partial charge in [0, 0.05) is 12.6 Å². The quantitative estimate of drug-likeness (QED) is 0.718. The SMILES string of the molecule is CC(CO)C(C)NCC(=O)Nc1ccccc1F. The molecule has 5 heteroatoms. The Kier molecular flexibility index (Phi) is 5.74. The maximum atomic E-state index is 13.3. The molecule has 0 spiro atoms. The number of aliphatic hydroxyl groups excluding tert-OH is 1. The van der Waals surface area contributed by atoms with E-state index in [1.807, 2.05) is 13.8 Å². The lowest BCUT2D eigenvalue weighted by molar-refractivity contribution is -0.115. The van der Waals surface area contributed by atoms with Crippen molar-refractivity contribution in [2.24, 2.45) is 5.92 Å². The first-order valence-corrected chi connectivity index (χ1v) is 5.93. The number of nitrogens with one attached hydrogen (secondary N) is 2. The smallest absolute Gasteiger partial charge is 0.238 e. The van der Waals surface area contributed by atoms with Gasteiger partial charge < -0.3 is 15.7 Å². The summed E-state index contributed by atoms with van der Waals surface area (Å²) in [6, 6.07) is 6.03. The first-order valence-electron chi connectivity index (χ1n) is 5.93. The van der Waals surface area contributed by atoms with Crippen molar-refractivity contribution >= 4 is 11.6 Å². The Morgan fingerprint density at radius 2 is 2.06 bits per heavy atom. The van der Waals surface area contributed by atoms with Gasteiger partial charge in [-0.15, -0.1) is 0 Å². The van der Waals surface area contributed by atoms with Crippen LogP contribution in [-0.2, 0) is 4.79 Å². The van der Waals surface area contributed by atoms with Gasteiger partial charge in [0.05, 0.1) is 12.2 Å². The Hall–Kier alpha value is -1.46. The van der Waals surface area contributed by atoms with Crippen LogP contribution in [0.1, 0.15) is 13.8 Å². The van der Waals surface area contributed by atoms with Crippen molar-refractivity contribution in [3.63, 3.8) is 0 Å². The van der Waals surface area contributed by atoms with Crippen LogP contribution in [0.15, 0.2) is 24.3 Å². The van der Waals surface area contributed by atoms with E-state index in [1.54, 1.807) is 12.1 Å². The fraction of sp³-hybridized carbons (Fsp3) is 0.462. The second-order valence-electron chi connectivity index (χ2n) is 4.36. The van der Waals surface area contributed by atoms with E-state index in [-0.39, 0.29) is 36.7 Å². The molecular weight excluding hydrogens is 235 g/mol. The lowest BCUT2D eigenvalue weighted by atomic mass is 10.1. The molecule has 1 aromatic carbocycles. The number of para-hydroxylation sites is 1. The first-order chi connectivity index (χ1) is 8.54. The minimum absolute atomic E-state index is 0.0152. The molecule has 18 heavy (non-hydrogen) atoms. The minimum atomic E-state index is -0.456. The van der Waals surface area contributed by atoms with E-state index in [9.17, 15) is 9.18 Å². The Labute approximate surface area is 106 Å². The third-order valence-corrected chi connectivity index (χ3v) is 2.87. The van der Waals surface area contributed by atoms with E-state index >= 15 is 0 Å². The Morgan fingerprint density at radius 3 is 2.67 bits per heavy atom. The molecule has 0 fully saturated rings. The zero-order chi connectivity index (χ0) is 13.5. The maximum absolute atomic E-state index is 13.3. The maximum Gasteiger partial charge on any atom is 0.238 e. The van der Waals surface area contributed by atoms with Crippen LogP contribution in [0.4, 0.5) is 10.1 Å². The predicted octanol–water partition coefficient (Wildman–Crippen LogP) is 1.37. The van der Waals surface area contributed by atoms with Gasteiger partial charge in [-0.3, -0.25) is 4.79 Å². The Morgan fingerprint density at radius 1 is 1.39 bits per heavy atom. The Balaban J connectivity index is 2.41. The number of benzene rings is 1. The van der Waals surface area contributed by atoms with Crippen LogP contribution in [-0.4, -0.2) is 30.2 Å². The van der Waals surface area contributed by atoms with Gasteiger partial charge in [0.1, 0.15) is 5.82 Å². The third-order valence-electron chi connectivity index (χ3n) is 2.87. The van der Waals surface area contributed by atoms with E-state index in [0.717, 1.165) is 0 Å². The molecule has 1 aromatic rings. The summed E-state index contributed by atoms with van der Waals surface area (Å²) in [5.74, 6) is -0.703. The van der Waals surface area contributed by atoms with Gasteiger partial charge in [0.25, 0.3) is 0 Å². The largest absolute Gasteiger partial charge is 0.396 e. The van der Waals surface area contributed by atoms with Crippen LogP contribution in [0.5, 0.6) is 0 Å². The van der Waals surface area contributed by atoms with Gasteiger partial charge in [-0.05, 0) is 25.0 Å². The lowest BCUT2D eigenvalue weighted by Gasteiger charge is -2.18. The molecule has 0 aliphatic heterocycles. The van der Waals surface area contributed by atoms with Crippen molar-refractivity contribution in [1.82, 2.24) is 5.32 Å². The molecule has 0 bridgehead atoms. The Bertz CT molecular complexity index is 398. The highest BCUT2D eigenvalue weighted by Gasteiger charge is 2.12. The second-order valence-corrected chi connectivity index (χ2v) is 4.36. The van der Waals surface area contributed by atoms with Gasteiger partial charge in [0.2, 0.25) is 5.91 Å². The topological polar surface area (TPSA) is 61.4 Å². The van der Waals surface area contributed by atoms with Gasteiger partial charge in [-0.1, -0.05) is 19.1 Å². The number of rotatable bonds is 6. The number of carbonyl (C=O) groups is 1. The molecule has 0 radical (unpaired) electrons. The number of anilines is 1. The monoisotopic (exact) mass is 254 g/mol. The zero-order valence-corrected chi connectivity index (χ0v) is 10.6. The summed E-state index contributed by atoms with van der Waals surface area (Å²) in [5.41, 5.74) is 0.173. The molecule has 0 saturated heterocycles. The van der Waals surface area contributed by atoms with E-state index in [0.29, 0.717) is 0 Å². The summed E-state index contributed by atoms with van der Waals surface area (Å²) >= 11 is 0. The summed E-state index contributed by atoms with van der Waals surface area (Å²) in [6.45, 7) is 3.91. The second kappa shape index (κ2) is 7.08. The van der Waals surface area contributed by atoms with E-state index in [4.69, 9.17) is 5.11 Å². The van der Waals surface area contributed by atoms with Gasteiger partial charge in [-0.2, -0.15) is 0 Å². The number of carbonyl (C=O) groups excluding carboxylic acids is 1. The first kappa shape index (κ1) is 14.6. The number of halogens is 1. The van der Waals surface area contributed by atoms with Gasteiger partial charge in [0.15, 0.2) is 0 Å². The van der Waals surface area contributed by atoms with Crippen LogP contribution in [0.2, 0.25) is 0 Å². The highest BCUT2D eigenvalue weighted by atomic mass is 19.1. The minimum Gasteiger partial charge on any atom is -0.396 e. The van der Waals surface area contributed by atoms with Gasteiger partial charge in [-0.25, -0.2) is 4.39 Å². The summed E-state index contributed by atoms with van der Waals surface area (Å²) in [7, 11) is 0. The predicted molar refractivity (Wildman–Crippen MR) is 68.7 cm³/mol. The van der Waals surface area contributed by atoms with Crippen molar-refractivity contribution in [2.75, 3.05) is 18.5 Å². The number of hydrogen-bond donors (Lipinski definition) is 3. The fourth-order valence-electron chi connectivity index (χ4n) is 1.37. The molecule has 2 atom stereocenters. The van der Waals surface area contributed by atoms with Crippen LogP contribution < -0.4 is 10.6 Å². The fourth-order valence-corrected chi connectivity index (χ4v) is 1.37. The molecule has 1 amide bonds. The summed E-state index contributed by atoms with van der Waals surface area (Å²) < 4.78 is 13.3. The molecule has 0 saturated carbocycles. The standard InChI is InChI=1S/C13H19FN2O2/c1-9(8-17)10(2)15-7-13(18)16-12-6-4-3-5-11(12)14/h3-6,9-10,15,17H,7-8H2,1-2H3,(H,16,18). The van der Waals surface area contributed by atoms with Gasteiger partial charge >= 0.3 is 0 Å². The van der Waals surface area contributed by atoms with Crippen molar-refractivity contribution in [3.05, 3.63) is 30.1 Å². The molecule has 0 aromatic heterocycles. The zero-order valence-electron chi connectivity index (χ0n) is 10.6. The molecule has 0 aliphatic rings. The molecule has 0 aliphatic carbocycles. The van der Waals surface area contributed by atoms with Crippen molar-refractivity contribution in [1.29, 1.82) is 0 Å². The summed E-state index contributed by atoms with van der Waals surface area (Å²) in [5, 5.41) is 14.4. The van der Waals surface area contributed by atoms with Crippen LogP contribution in [0.3, 0.4) is 0 Å². The highest BCUT2D eigenvalue weighted by molar-refractivity contribution is 5.92. The third kappa shape index (κ3) is 4.43. The van der Waals surface area contributed by atoms with Crippen LogP contribution in [0, 0.1) is 11.7 Å². The average molecular weight is 254 g/mol. The van der Waals surface area contributed by atoms with E-state index in [1.165, 1.54) is 12.1 Å². The van der Waals surface area contributed by atoms with Crippen molar-refractivity contribution in [2.45, 2.75) is 19.9 Å². The molecule has 0 heterocycles. The summed E-state index contributed by atoms with van der Waals surface area (Å²) in [6.07, 6.45) is 0. The molecule has 100 valence electrons. The van der Waals surface area contributed by atoms with E-state index < -0.39 is 5.82 Å². The molecule has 2 unspecified atom stereocenters.